The highest BCUT2D eigenvalue weighted by atomic mass is 16.5. The third-order valence-electron chi connectivity index (χ3n) is 4.26. The first-order valence-corrected chi connectivity index (χ1v) is 7.87. The maximum atomic E-state index is 12.7. The zero-order valence-corrected chi connectivity index (χ0v) is 14.0. The first-order chi connectivity index (χ1) is 11.0. The molecule has 0 bridgehead atoms. The van der Waals surface area contributed by atoms with Gasteiger partial charge in [-0.1, -0.05) is 12.8 Å². The Morgan fingerprint density at radius 3 is 2.30 bits per heavy atom. The number of amides is 2. The fraction of sp³-hybridized carbons (Fsp3) is 0.529. The monoisotopic (exact) mass is 319 g/mol. The van der Waals surface area contributed by atoms with Gasteiger partial charge in [0.05, 0.1) is 13.7 Å². The van der Waals surface area contributed by atoms with Gasteiger partial charge in [-0.3, -0.25) is 9.59 Å². The standard InChI is InChI=1S/C17H25N3O3/c1-20(2)15(21)12-18-16(22)17(10-4-5-11-17)19-13-6-8-14(23-3)9-7-13/h6-9,19H,4-5,10-12H2,1-3H3,(H,18,22). The van der Waals surface area contributed by atoms with Crippen LogP contribution >= 0.6 is 0 Å². The molecule has 6 nitrogen and oxygen atoms in total. The molecule has 1 aliphatic carbocycles. The summed E-state index contributed by atoms with van der Waals surface area (Å²) in [5, 5.41) is 6.14. The van der Waals surface area contributed by atoms with Gasteiger partial charge in [-0.25, -0.2) is 0 Å². The van der Waals surface area contributed by atoms with E-state index in [1.807, 2.05) is 24.3 Å². The number of nitrogens with one attached hydrogen (secondary N) is 2. The molecule has 0 saturated heterocycles. The van der Waals surface area contributed by atoms with E-state index in [9.17, 15) is 9.59 Å². The molecule has 0 atom stereocenters. The number of hydrogen-bond acceptors (Lipinski definition) is 4. The number of rotatable bonds is 6. The molecular weight excluding hydrogens is 294 g/mol. The number of ether oxygens (including phenoxy) is 1. The van der Waals surface area contributed by atoms with Gasteiger partial charge in [0, 0.05) is 19.8 Å². The summed E-state index contributed by atoms with van der Waals surface area (Å²) in [6.45, 7) is 0.0257. The number of anilines is 1. The van der Waals surface area contributed by atoms with Gasteiger partial charge in [-0.05, 0) is 37.1 Å². The molecule has 1 aromatic rings. The molecular formula is C17H25N3O3. The fourth-order valence-electron chi connectivity index (χ4n) is 2.82. The predicted molar refractivity (Wildman–Crippen MR) is 89.5 cm³/mol. The highest BCUT2D eigenvalue weighted by Crippen LogP contribution is 2.33. The van der Waals surface area contributed by atoms with Crippen molar-refractivity contribution < 1.29 is 14.3 Å². The van der Waals surface area contributed by atoms with Crippen molar-refractivity contribution in [2.75, 3.05) is 33.1 Å². The molecule has 2 amide bonds. The van der Waals surface area contributed by atoms with Crippen LogP contribution in [0.4, 0.5) is 5.69 Å². The molecule has 23 heavy (non-hydrogen) atoms. The lowest BCUT2D eigenvalue weighted by molar-refractivity contribution is -0.132. The lowest BCUT2D eigenvalue weighted by Crippen LogP contribution is -2.52. The van der Waals surface area contributed by atoms with Gasteiger partial charge < -0.3 is 20.3 Å². The molecule has 1 fully saturated rings. The predicted octanol–water partition coefficient (Wildman–Crippen LogP) is 1.62. The van der Waals surface area contributed by atoms with Crippen LogP contribution in [0.25, 0.3) is 0 Å². The Bertz CT molecular complexity index is 549. The van der Waals surface area contributed by atoms with E-state index in [4.69, 9.17) is 4.74 Å². The Kier molecular flexibility index (Phi) is 5.47. The molecule has 2 N–H and O–H groups in total. The van der Waals surface area contributed by atoms with Crippen LogP contribution in [-0.4, -0.2) is 50.0 Å². The quantitative estimate of drug-likeness (QED) is 0.836. The van der Waals surface area contributed by atoms with Crippen molar-refractivity contribution in [2.45, 2.75) is 31.2 Å². The van der Waals surface area contributed by atoms with Crippen molar-refractivity contribution >= 4 is 17.5 Å². The van der Waals surface area contributed by atoms with E-state index < -0.39 is 5.54 Å². The number of carbonyl (C=O) groups excluding carboxylic acids is 2. The first-order valence-electron chi connectivity index (χ1n) is 7.87. The third kappa shape index (κ3) is 4.15. The molecule has 1 saturated carbocycles. The van der Waals surface area contributed by atoms with Gasteiger partial charge in [0.2, 0.25) is 11.8 Å². The van der Waals surface area contributed by atoms with E-state index in [1.165, 1.54) is 4.90 Å². The van der Waals surface area contributed by atoms with Crippen molar-refractivity contribution in [1.29, 1.82) is 0 Å². The summed E-state index contributed by atoms with van der Waals surface area (Å²) in [7, 11) is 4.97. The van der Waals surface area contributed by atoms with Crippen LogP contribution in [0.3, 0.4) is 0 Å². The van der Waals surface area contributed by atoms with Crippen LogP contribution in [-0.2, 0) is 9.59 Å². The summed E-state index contributed by atoms with van der Waals surface area (Å²) in [5.74, 6) is 0.550. The van der Waals surface area contributed by atoms with Crippen molar-refractivity contribution in [1.82, 2.24) is 10.2 Å². The Balaban J connectivity index is 2.05. The van der Waals surface area contributed by atoms with E-state index in [0.29, 0.717) is 0 Å². The van der Waals surface area contributed by atoms with Gasteiger partial charge >= 0.3 is 0 Å². The average molecular weight is 319 g/mol. The van der Waals surface area contributed by atoms with Crippen LogP contribution < -0.4 is 15.4 Å². The van der Waals surface area contributed by atoms with Crippen molar-refractivity contribution in [3.63, 3.8) is 0 Å². The number of methoxy groups -OCH3 is 1. The third-order valence-corrected chi connectivity index (χ3v) is 4.26. The highest BCUT2D eigenvalue weighted by Gasteiger charge is 2.41. The van der Waals surface area contributed by atoms with Gasteiger partial charge in [-0.15, -0.1) is 0 Å². The smallest absolute Gasteiger partial charge is 0.246 e. The van der Waals surface area contributed by atoms with Gasteiger partial charge in [0.15, 0.2) is 0 Å². The van der Waals surface area contributed by atoms with Crippen molar-refractivity contribution in [3.05, 3.63) is 24.3 Å². The summed E-state index contributed by atoms with van der Waals surface area (Å²) < 4.78 is 5.15. The molecule has 1 aromatic carbocycles. The Morgan fingerprint density at radius 1 is 1.17 bits per heavy atom. The lowest BCUT2D eigenvalue weighted by atomic mass is 9.95. The second kappa shape index (κ2) is 7.35. The maximum absolute atomic E-state index is 12.7. The summed E-state index contributed by atoms with van der Waals surface area (Å²) in [5.41, 5.74) is 0.239. The molecule has 2 rings (SSSR count). The normalized spacial score (nSPS) is 15.8. The van der Waals surface area contributed by atoms with Crippen molar-refractivity contribution in [2.24, 2.45) is 0 Å². The molecule has 0 aliphatic heterocycles. The molecule has 0 spiro atoms. The topological polar surface area (TPSA) is 70.7 Å². The SMILES string of the molecule is COc1ccc(NC2(C(=O)NCC(=O)N(C)C)CCCC2)cc1. The number of benzene rings is 1. The maximum Gasteiger partial charge on any atom is 0.246 e. The minimum absolute atomic E-state index is 0.0257. The fourth-order valence-corrected chi connectivity index (χ4v) is 2.82. The Hall–Kier alpha value is -2.24. The second-order valence-corrected chi connectivity index (χ2v) is 6.11. The molecule has 0 radical (unpaired) electrons. The van der Waals surface area contributed by atoms with Crippen LogP contribution in [0.1, 0.15) is 25.7 Å². The summed E-state index contributed by atoms with van der Waals surface area (Å²) >= 11 is 0. The van der Waals surface area contributed by atoms with Gasteiger partial charge in [0.25, 0.3) is 0 Å². The first kappa shape index (κ1) is 17.1. The zero-order chi connectivity index (χ0) is 16.9. The zero-order valence-electron chi connectivity index (χ0n) is 14.0. The van der Waals surface area contributed by atoms with E-state index in [-0.39, 0.29) is 18.4 Å². The molecule has 126 valence electrons. The highest BCUT2D eigenvalue weighted by molar-refractivity contribution is 5.92. The molecule has 0 heterocycles. The largest absolute Gasteiger partial charge is 0.497 e. The summed E-state index contributed by atoms with van der Waals surface area (Å²) in [6, 6.07) is 7.52. The second-order valence-electron chi connectivity index (χ2n) is 6.11. The minimum atomic E-state index is -0.638. The molecule has 1 aliphatic rings. The van der Waals surface area contributed by atoms with E-state index in [2.05, 4.69) is 10.6 Å². The lowest BCUT2D eigenvalue weighted by Gasteiger charge is -2.30. The van der Waals surface area contributed by atoms with Crippen LogP contribution in [0.15, 0.2) is 24.3 Å². The van der Waals surface area contributed by atoms with Gasteiger partial charge in [-0.2, -0.15) is 0 Å². The van der Waals surface area contributed by atoms with E-state index in [1.54, 1.807) is 21.2 Å². The molecule has 0 aromatic heterocycles. The number of hydrogen-bond donors (Lipinski definition) is 2. The number of carbonyl (C=O) groups is 2. The molecule has 6 heteroatoms. The number of likely N-dealkylation sites (N-methyl/N-ethyl adjacent to an activating group) is 1. The van der Waals surface area contributed by atoms with Crippen LogP contribution in [0, 0.1) is 0 Å². The Morgan fingerprint density at radius 2 is 1.78 bits per heavy atom. The van der Waals surface area contributed by atoms with Crippen molar-refractivity contribution in [3.8, 4) is 5.75 Å². The summed E-state index contributed by atoms with van der Waals surface area (Å²) in [4.78, 5) is 25.8. The van der Waals surface area contributed by atoms with E-state index >= 15 is 0 Å². The van der Waals surface area contributed by atoms with Crippen LogP contribution in [0.5, 0.6) is 5.75 Å². The van der Waals surface area contributed by atoms with Gasteiger partial charge in [0.1, 0.15) is 11.3 Å². The summed E-state index contributed by atoms with van der Waals surface area (Å²) in [6.07, 6.45) is 3.53. The number of nitrogens with zero attached hydrogens (tertiary/aromatic N) is 1. The van der Waals surface area contributed by atoms with Crippen LogP contribution in [0.2, 0.25) is 0 Å². The minimum Gasteiger partial charge on any atom is -0.497 e. The average Bonchev–Trinajstić information content (AvgIpc) is 3.02. The molecule has 0 unspecified atom stereocenters. The Labute approximate surface area is 137 Å². The van der Waals surface area contributed by atoms with E-state index in [0.717, 1.165) is 37.1 Å².